The Bertz CT molecular complexity index is 1000. The number of hydrogen-bond donors (Lipinski definition) is 1. The number of aryl methyl sites for hydroxylation is 1. The number of aromatic nitrogens is 1. The average molecular weight is 438 g/mol. The van der Waals surface area contributed by atoms with Crippen LogP contribution in [0.4, 0.5) is 0 Å². The summed E-state index contributed by atoms with van der Waals surface area (Å²) < 4.78 is 1.15. The number of amides is 2. The molecular weight excluding hydrogens is 410 g/mol. The normalized spacial score (nSPS) is 17.2. The van der Waals surface area contributed by atoms with Crippen LogP contribution in [0.25, 0.3) is 10.2 Å². The van der Waals surface area contributed by atoms with Gasteiger partial charge in [-0.15, -0.1) is 11.3 Å². The molecule has 1 saturated heterocycles. The number of fused-ring (bicyclic) bond motifs is 1. The highest BCUT2D eigenvalue weighted by Gasteiger charge is 2.28. The first kappa shape index (κ1) is 21.5. The summed E-state index contributed by atoms with van der Waals surface area (Å²) in [6.07, 6.45) is 1.76. The van der Waals surface area contributed by atoms with Gasteiger partial charge in [0.25, 0.3) is 0 Å². The lowest BCUT2D eigenvalue weighted by molar-refractivity contribution is -0.138. The molecule has 162 valence electrons. The lowest BCUT2D eigenvalue weighted by Gasteiger charge is -2.21. The lowest BCUT2D eigenvalue weighted by Crippen LogP contribution is -2.40. The van der Waals surface area contributed by atoms with Crippen LogP contribution in [0.1, 0.15) is 23.4 Å². The summed E-state index contributed by atoms with van der Waals surface area (Å²) in [7, 11) is 0. The fourth-order valence-corrected chi connectivity index (χ4v) is 4.90. The van der Waals surface area contributed by atoms with Gasteiger partial charge >= 0.3 is 0 Å². The first-order valence-corrected chi connectivity index (χ1v) is 11.5. The van der Waals surface area contributed by atoms with E-state index in [4.69, 9.17) is 0 Å². The van der Waals surface area contributed by atoms with E-state index in [1.807, 2.05) is 48.5 Å². The van der Waals surface area contributed by atoms with Crippen LogP contribution >= 0.6 is 11.3 Å². The van der Waals surface area contributed by atoms with E-state index in [1.54, 1.807) is 16.2 Å². The zero-order chi connectivity index (χ0) is 21.6. The highest BCUT2D eigenvalue weighted by atomic mass is 32.1. The number of hydrogen-bond acceptors (Lipinski definition) is 5. The number of nitrogens with zero attached hydrogens (tertiary/aromatic N) is 3. The van der Waals surface area contributed by atoms with Gasteiger partial charge in [-0.1, -0.05) is 42.5 Å². The quantitative estimate of drug-likeness (QED) is 0.617. The molecular formula is C24H27N3O3S. The molecule has 1 fully saturated rings. The van der Waals surface area contributed by atoms with E-state index in [1.165, 1.54) is 4.90 Å². The van der Waals surface area contributed by atoms with Crippen molar-refractivity contribution in [3.05, 3.63) is 65.2 Å². The van der Waals surface area contributed by atoms with E-state index in [9.17, 15) is 14.7 Å². The molecule has 2 amide bonds. The molecule has 2 aromatic carbocycles. The first-order valence-electron chi connectivity index (χ1n) is 10.7. The van der Waals surface area contributed by atoms with Gasteiger partial charge in [0.05, 0.1) is 27.9 Å². The number of aliphatic hydroxyl groups is 1. The summed E-state index contributed by atoms with van der Waals surface area (Å²) in [6, 6.07) is 18.0. The standard InChI is InChI=1S/C24H27N3O3S/c28-19-15-26(14-13-18-7-2-1-3-8-18)24(30)17-27(16-19)23(29)12-6-11-22-25-20-9-4-5-10-21(20)31-22/h1-5,7-10,19,28H,6,11-17H2. The van der Waals surface area contributed by atoms with Gasteiger partial charge in [0.15, 0.2) is 0 Å². The third kappa shape index (κ3) is 5.68. The van der Waals surface area contributed by atoms with Gasteiger partial charge in [-0.05, 0) is 37.0 Å². The Morgan fingerprint density at radius 3 is 2.65 bits per heavy atom. The summed E-state index contributed by atoms with van der Waals surface area (Å²) in [5.74, 6) is -0.189. The zero-order valence-electron chi connectivity index (χ0n) is 17.4. The van der Waals surface area contributed by atoms with Crippen molar-refractivity contribution < 1.29 is 14.7 Å². The molecule has 6 nitrogen and oxygen atoms in total. The third-order valence-electron chi connectivity index (χ3n) is 5.53. The van der Waals surface area contributed by atoms with E-state index in [2.05, 4.69) is 11.1 Å². The average Bonchev–Trinajstić information content (AvgIpc) is 3.12. The van der Waals surface area contributed by atoms with Crippen LogP contribution in [-0.4, -0.2) is 64.0 Å². The molecule has 2 heterocycles. The van der Waals surface area contributed by atoms with Gasteiger partial charge in [-0.25, -0.2) is 4.98 Å². The van der Waals surface area contributed by atoms with Crippen LogP contribution in [0.5, 0.6) is 0 Å². The van der Waals surface area contributed by atoms with E-state index < -0.39 is 6.10 Å². The Morgan fingerprint density at radius 1 is 1.06 bits per heavy atom. The fraction of sp³-hybridized carbons (Fsp3) is 0.375. The Labute approximate surface area is 186 Å². The zero-order valence-corrected chi connectivity index (χ0v) is 18.3. The molecule has 1 aromatic heterocycles. The lowest BCUT2D eigenvalue weighted by atomic mass is 10.1. The maximum atomic E-state index is 12.7. The minimum atomic E-state index is -0.726. The van der Waals surface area contributed by atoms with Crippen LogP contribution in [0, 0.1) is 0 Å². The van der Waals surface area contributed by atoms with Crippen molar-refractivity contribution in [3.63, 3.8) is 0 Å². The maximum absolute atomic E-state index is 12.7. The number of carbonyl (C=O) groups excluding carboxylic acids is 2. The van der Waals surface area contributed by atoms with Crippen molar-refractivity contribution in [2.75, 3.05) is 26.2 Å². The number of aliphatic hydroxyl groups excluding tert-OH is 1. The van der Waals surface area contributed by atoms with Gasteiger partial charge in [0.2, 0.25) is 11.8 Å². The minimum absolute atomic E-state index is 0.0336. The summed E-state index contributed by atoms with van der Waals surface area (Å²) in [5, 5.41) is 11.4. The molecule has 0 radical (unpaired) electrons. The van der Waals surface area contributed by atoms with E-state index in [0.717, 1.165) is 33.6 Å². The Balaban J connectivity index is 1.28. The summed E-state index contributed by atoms with van der Waals surface area (Å²) in [4.78, 5) is 33.2. The predicted octanol–water partition coefficient (Wildman–Crippen LogP) is 2.89. The second kappa shape index (κ2) is 10.0. The van der Waals surface area contributed by atoms with Crippen molar-refractivity contribution in [2.24, 2.45) is 0 Å². The van der Waals surface area contributed by atoms with E-state index >= 15 is 0 Å². The van der Waals surface area contributed by atoms with Crippen molar-refractivity contribution in [1.29, 1.82) is 0 Å². The first-order chi connectivity index (χ1) is 15.1. The highest BCUT2D eigenvalue weighted by Crippen LogP contribution is 2.23. The van der Waals surface area contributed by atoms with E-state index in [0.29, 0.717) is 19.4 Å². The van der Waals surface area contributed by atoms with Gasteiger partial charge in [0.1, 0.15) is 0 Å². The highest BCUT2D eigenvalue weighted by molar-refractivity contribution is 7.18. The fourth-order valence-electron chi connectivity index (χ4n) is 3.89. The molecule has 1 unspecified atom stereocenters. The summed E-state index contributed by atoms with van der Waals surface area (Å²) in [6.45, 7) is 1.04. The molecule has 1 atom stereocenters. The summed E-state index contributed by atoms with van der Waals surface area (Å²) >= 11 is 1.66. The number of benzene rings is 2. The molecule has 0 spiro atoms. The molecule has 31 heavy (non-hydrogen) atoms. The molecule has 0 bridgehead atoms. The Morgan fingerprint density at radius 2 is 1.84 bits per heavy atom. The molecule has 1 aliphatic rings. The maximum Gasteiger partial charge on any atom is 0.242 e. The Hall–Kier alpha value is -2.77. The van der Waals surface area contributed by atoms with Gasteiger partial charge in [-0.2, -0.15) is 0 Å². The monoisotopic (exact) mass is 437 g/mol. The second-order valence-corrected chi connectivity index (χ2v) is 9.05. The second-order valence-electron chi connectivity index (χ2n) is 7.93. The molecule has 0 saturated carbocycles. The van der Waals surface area contributed by atoms with Crippen LogP contribution in [0.3, 0.4) is 0 Å². The van der Waals surface area contributed by atoms with Crippen LogP contribution in [-0.2, 0) is 22.4 Å². The van der Waals surface area contributed by atoms with Crippen molar-refractivity contribution in [3.8, 4) is 0 Å². The summed E-state index contributed by atoms with van der Waals surface area (Å²) in [5.41, 5.74) is 2.14. The van der Waals surface area contributed by atoms with Crippen LogP contribution in [0.2, 0.25) is 0 Å². The molecule has 1 N–H and O–H groups in total. The van der Waals surface area contributed by atoms with E-state index in [-0.39, 0.29) is 31.4 Å². The number of thiazole rings is 1. The SMILES string of the molecule is O=C1CN(C(=O)CCCc2nc3ccccc3s2)CC(O)CN1CCc1ccccc1. The van der Waals surface area contributed by atoms with Gasteiger partial charge in [0, 0.05) is 26.1 Å². The van der Waals surface area contributed by atoms with Crippen molar-refractivity contribution in [1.82, 2.24) is 14.8 Å². The molecule has 4 rings (SSSR count). The number of para-hydroxylation sites is 1. The van der Waals surface area contributed by atoms with Crippen molar-refractivity contribution >= 4 is 33.4 Å². The van der Waals surface area contributed by atoms with Crippen LogP contribution in [0.15, 0.2) is 54.6 Å². The molecule has 7 heteroatoms. The molecule has 1 aliphatic heterocycles. The number of β-amino-alcohol motifs (C(OH)–C–C–N with tert-alkyl or cyclic N) is 1. The van der Waals surface area contributed by atoms with Gasteiger partial charge in [-0.3, -0.25) is 9.59 Å². The molecule has 0 aliphatic carbocycles. The topological polar surface area (TPSA) is 73.7 Å². The molecule has 3 aromatic rings. The Kier molecular flexibility index (Phi) is 6.94. The number of rotatable bonds is 7. The van der Waals surface area contributed by atoms with Gasteiger partial charge < -0.3 is 14.9 Å². The largest absolute Gasteiger partial charge is 0.389 e. The third-order valence-corrected chi connectivity index (χ3v) is 6.62. The minimum Gasteiger partial charge on any atom is -0.389 e. The van der Waals surface area contributed by atoms with Crippen LogP contribution < -0.4 is 0 Å². The smallest absolute Gasteiger partial charge is 0.242 e. The number of carbonyl (C=O) groups is 2. The van der Waals surface area contributed by atoms with Crippen molar-refractivity contribution in [2.45, 2.75) is 31.8 Å². The predicted molar refractivity (Wildman–Crippen MR) is 122 cm³/mol.